The summed E-state index contributed by atoms with van der Waals surface area (Å²) >= 11 is 5.93. The van der Waals surface area contributed by atoms with Crippen LogP contribution in [0.1, 0.15) is 6.92 Å². The number of hydrazine groups is 1. The second-order valence-electron chi connectivity index (χ2n) is 4.94. The first-order chi connectivity index (χ1) is 11.6. The summed E-state index contributed by atoms with van der Waals surface area (Å²) in [5.41, 5.74) is 0.315. The highest BCUT2D eigenvalue weighted by atomic mass is 35.5. The lowest BCUT2D eigenvalue weighted by Crippen LogP contribution is -2.33. The maximum Gasteiger partial charge on any atom is 0.352 e. The van der Waals surface area contributed by atoms with Crippen molar-refractivity contribution in [2.75, 3.05) is 5.01 Å². The first kappa shape index (κ1) is 16.1. The van der Waals surface area contributed by atoms with Crippen LogP contribution < -0.4 is 16.5 Å². The van der Waals surface area contributed by atoms with Crippen LogP contribution in [-0.4, -0.2) is 19.5 Å². The molecule has 3 aromatic rings. The standard InChI is InChI=1S/C16H15ClN6O/c1-2-22-14(11-6-8-12(17)9-7-11)20-15(21-16(22)24)23(18)13-5-3-4-10-19-13/h3-10H,2,18H2,1H3. The summed E-state index contributed by atoms with van der Waals surface area (Å²) in [6.45, 7) is 2.29. The molecule has 0 unspecified atom stereocenters. The van der Waals surface area contributed by atoms with Crippen LogP contribution in [0.5, 0.6) is 0 Å². The number of hydrogen-bond donors (Lipinski definition) is 1. The second kappa shape index (κ2) is 6.77. The molecule has 0 bridgehead atoms. The molecular formula is C16H15ClN6O. The Balaban J connectivity index is 2.13. The summed E-state index contributed by atoms with van der Waals surface area (Å²) in [7, 11) is 0. The number of halogens is 1. The lowest BCUT2D eigenvalue weighted by molar-refractivity contribution is 0.681. The zero-order chi connectivity index (χ0) is 17.1. The first-order valence-corrected chi connectivity index (χ1v) is 7.68. The van der Waals surface area contributed by atoms with E-state index < -0.39 is 5.69 Å². The van der Waals surface area contributed by atoms with E-state index in [9.17, 15) is 4.79 Å². The predicted molar refractivity (Wildman–Crippen MR) is 93.0 cm³/mol. The van der Waals surface area contributed by atoms with Gasteiger partial charge >= 0.3 is 5.69 Å². The van der Waals surface area contributed by atoms with E-state index in [2.05, 4.69) is 15.0 Å². The van der Waals surface area contributed by atoms with Crippen molar-refractivity contribution in [3.8, 4) is 11.4 Å². The molecule has 0 atom stereocenters. The van der Waals surface area contributed by atoms with Crippen LogP contribution in [-0.2, 0) is 6.54 Å². The third kappa shape index (κ3) is 3.12. The highest BCUT2D eigenvalue weighted by molar-refractivity contribution is 6.30. The van der Waals surface area contributed by atoms with E-state index in [1.54, 1.807) is 48.7 Å². The predicted octanol–water partition coefficient (Wildman–Crippen LogP) is 2.39. The lowest BCUT2D eigenvalue weighted by Gasteiger charge is -2.17. The number of pyridine rings is 1. The Morgan fingerprint density at radius 2 is 1.92 bits per heavy atom. The van der Waals surface area contributed by atoms with E-state index in [0.717, 1.165) is 5.56 Å². The van der Waals surface area contributed by atoms with Crippen LogP contribution in [0.3, 0.4) is 0 Å². The molecule has 0 saturated carbocycles. The van der Waals surface area contributed by atoms with E-state index in [1.807, 2.05) is 6.92 Å². The second-order valence-corrected chi connectivity index (χ2v) is 5.38. The molecule has 0 amide bonds. The molecule has 0 fully saturated rings. The van der Waals surface area contributed by atoms with Crippen molar-refractivity contribution in [3.05, 3.63) is 64.2 Å². The summed E-state index contributed by atoms with van der Waals surface area (Å²) in [5, 5.41) is 1.79. The minimum atomic E-state index is -0.432. The SMILES string of the molecule is CCn1c(-c2ccc(Cl)cc2)nc(N(N)c2ccccn2)nc1=O. The molecule has 0 aliphatic rings. The molecule has 0 spiro atoms. The van der Waals surface area contributed by atoms with Gasteiger partial charge in [0, 0.05) is 23.3 Å². The number of rotatable bonds is 4. The van der Waals surface area contributed by atoms with Gasteiger partial charge < -0.3 is 0 Å². The number of benzene rings is 1. The van der Waals surface area contributed by atoms with Crippen molar-refractivity contribution in [1.29, 1.82) is 0 Å². The molecule has 2 aromatic heterocycles. The van der Waals surface area contributed by atoms with E-state index in [0.29, 0.717) is 23.2 Å². The van der Waals surface area contributed by atoms with Crippen LogP contribution >= 0.6 is 11.6 Å². The molecule has 122 valence electrons. The molecule has 2 N–H and O–H groups in total. The topological polar surface area (TPSA) is 89.9 Å². The minimum Gasteiger partial charge on any atom is -0.276 e. The third-order valence-corrected chi connectivity index (χ3v) is 3.67. The fourth-order valence-corrected chi connectivity index (χ4v) is 2.35. The van der Waals surface area contributed by atoms with Crippen LogP contribution in [0.4, 0.5) is 11.8 Å². The number of nitrogens with zero attached hydrogens (tertiary/aromatic N) is 5. The highest BCUT2D eigenvalue weighted by Crippen LogP contribution is 2.21. The quantitative estimate of drug-likeness (QED) is 0.578. The van der Waals surface area contributed by atoms with Crippen LogP contribution in [0, 0.1) is 0 Å². The molecule has 1 aromatic carbocycles. The molecule has 8 heteroatoms. The van der Waals surface area contributed by atoms with Crippen molar-refractivity contribution in [1.82, 2.24) is 19.5 Å². The average Bonchev–Trinajstić information content (AvgIpc) is 2.62. The number of aromatic nitrogens is 4. The zero-order valence-corrected chi connectivity index (χ0v) is 13.7. The minimum absolute atomic E-state index is 0.0772. The highest BCUT2D eigenvalue weighted by Gasteiger charge is 2.16. The normalized spacial score (nSPS) is 10.6. The van der Waals surface area contributed by atoms with Crippen LogP contribution in [0.2, 0.25) is 5.02 Å². The van der Waals surface area contributed by atoms with E-state index in [4.69, 9.17) is 17.4 Å². The summed E-state index contributed by atoms with van der Waals surface area (Å²) in [6, 6.07) is 12.3. The molecule has 0 aliphatic carbocycles. The van der Waals surface area contributed by atoms with E-state index in [-0.39, 0.29) is 5.95 Å². The molecule has 0 aliphatic heterocycles. The smallest absolute Gasteiger partial charge is 0.276 e. The van der Waals surface area contributed by atoms with Gasteiger partial charge in [0.25, 0.3) is 5.95 Å². The van der Waals surface area contributed by atoms with Crippen molar-refractivity contribution in [2.45, 2.75) is 13.5 Å². The number of hydrogen-bond acceptors (Lipinski definition) is 6. The van der Waals surface area contributed by atoms with Crippen molar-refractivity contribution in [3.63, 3.8) is 0 Å². The fraction of sp³-hybridized carbons (Fsp3) is 0.125. The zero-order valence-electron chi connectivity index (χ0n) is 12.9. The Labute approximate surface area is 143 Å². The Kier molecular flexibility index (Phi) is 4.54. The average molecular weight is 343 g/mol. The largest absolute Gasteiger partial charge is 0.352 e. The Bertz CT molecular complexity index is 895. The van der Waals surface area contributed by atoms with Gasteiger partial charge in [0.1, 0.15) is 11.6 Å². The fourth-order valence-electron chi connectivity index (χ4n) is 2.23. The monoisotopic (exact) mass is 342 g/mol. The number of anilines is 2. The molecule has 0 radical (unpaired) electrons. The van der Waals surface area contributed by atoms with Gasteiger partial charge in [0.05, 0.1) is 0 Å². The van der Waals surface area contributed by atoms with Crippen molar-refractivity contribution < 1.29 is 0 Å². The van der Waals surface area contributed by atoms with Gasteiger partial charge in [0.15, 0.2) is 0 Å². The molecule has 7 nitrogen and oxygen atoms in total. The molecule has 3 rings (SSSR count). The number of nitrogens with two attached hydrogens (primary N) is 1. The Morgan fingerprint density at radius 1 is 1.17 bits per heavy atom. The lowest BCUT2D eigenvalue weighted by atomic mass is 10.2. The van der Waals surface area contributed by atoms with E-state index in [1.165, 1.54) is 9.58 Å². The summed E-state index contributed by atoms with van der Waals surface area (Å²) in [6.07, 6.45) is 1.60. The van der Waals surface area contributed by atoms with Gasteiger partial charge in [-0.05, 0) is 43.3 Å². The van der Waals surface area contributed by atoms with Crippen LogP contribution in [0.25, 0.3) is 11.4 Å². The van der Waals surface area contributed by atoms with Crippen LogP contribution in [0.15, 0.2) is 53.5 Å². The first-order valence-electron chi connectivity index (χ1n) is 7.31. The third-order valence-electron chi connectivity index (χ3n) is 3.42. The van der Waals surface area contributed by atoms with E-state index >= 15 is 0 Å². The van der Waals surface area contributed by atoms with Gasteiger partial charge in [-0.3, -0.25) is 4.57 Å². The summed E-state index contributed by atoms with van der Waals surface area (Å²) in [4.78, 5) is 24.9. The Hall–Kier alpha value is -2.77. The molecular weight excluding hydrogens is 328 g/mol. The van der Waals surface area contributed by atoms with Crippen molar-refractivity contribution in [2.24, 2.45) is 5.84 Å². The molecule has 0 saturated heterocycles. The van der Waals surface area contributed by atoms with Crippen molar-refractivity contribution >= 4 is 23.4 Å². The van der Waals surface area contributed by atoms with Gasteiger partial charge in [-0.15, -0.1) is 0 Å². The van der Waals surface area contributed by atoms with Gasteiger partial charge in [0.2, 0.25) is 0 Å². The summed E-state index contributed by atoms with van der Waals surface area (Å²) in [5.74, 6) is 7.01. The maximum absolute atomic E-state index is 12.4. The maximum atomic E-state index is 12.4. The van der Waals surface area contributed by atoms with Gasteiger partial charge in [-0.25, -0.2) is 20.6 Å². The Morgan fingerprint density at radius 3 is 2.54 bits per heavy atom. The van der Waals surface area contributed by atoms with Gasteiger partial charge in [-0.1, -0.05) is 17.7 Å². The van der Waals surface area contributed by atoms with Gasteiger partial charge in [-0.2, -0.15) is 9.97 Å². The molecule has 2 heterocycles. The summed E-state index contributed by atoms with van der Waals surface area (Å²) < 4.78 is 1.47. The molecule has 24 heavy (non-hydrogen) atoms.